The zero-order chi connectivity index (χ0) is 28.2. The molecular weight excluding hydrogens is 575 g/mol. The third-order valence-electron chi connectivity index (χ3n) is 6.31. The molecule has 4 aromatic rings. The van der Waals surface area contributed by atoms with Crippen molar-refractivity contribution in [2.75, 3.05) is 17.2 Å². The number of nitro groups is 1. The van der Waals surface area contributed by atoms with Gasteiger partial charge in [-0.1, -0.05) is 59.2 Å². The number of fused-ring (bicyclic) bond motifs is 1. The molecule has 10 nitrogen and oxygen atoms in total. The summed E-state index contributed by atoms with van der Waals surface area (Å²) in [5.41, 5.74) is 2.45. The number of halogens is 2. The first-order chi connectivity index (χ1) is 19.3. The van der Waals surface area contributed by atoms with Crippen LogP contribution in [0.1, 0.15) is 28.2 Å². The molecule has 0 bridgehead atoms. The van der Waals surface area contributed by atoms with Gasteiger partial charge >= 0.3 is 0 Å². The van der Waals surface area contributed by atoms with Crippen molar-refractivity contribution in [2.45, 2.75) is 24.5 Å². The molecule has 1 aromatic heterocycles. The summed E-state index contributed by atoms with van der Waals surface area (Å²) in [4.78, 5) is 38.4. The number of rotatable bonds is 8. The van der Waals surface area contributed by atoms with Gasteiger partial charge in [0.1, 0.15) is 5.02 Å². The largest absolute Gasteiger partial charge is 0.345 e. The molecule has 5 rings (SSSR count). The number of nitrogens with zero attached hydrogens (tertiary/aromatic N) is 5. The summed E-state index contributed by atoms with van der Waals surface area (Å²) in [6, 6.07) is 18.8. The van der Waals surface area contributed by atoms with Gasteiger partial charge in [-0.15, -0.1) is 10.2 Å². The fourth-order valence-electron chi connectivity index (χ4n) is 4.43. The van der Waals surface area contributed by atoms with E-state index in [9.17, 15) is 19.7 Å². The van der Waals surface area contributed by atoms with Crippen LogP contribution in [0.4, 0.5) is 11.4 Å². The van der Waals surface area contributed by atoms with E-state index in [2.05, 4.69) is 15.5 Å². The van der Waals surface area contributed by atoms with Crippen LogP contribution in [-0.4, -0.2) is 43.8 Å². The van der Waals surface area contributed by atoms with Gasteiger partial charge in [-0.2, -0.15) is 0 Å². The number of hydrogen-bond donors (Lipinski definition) is 1. The van der Waals surface area contributed by atoms with Crippen LogP contribution < -0.4 is 10.2 Å². The number of carbonyl (C=O) groups is 2. The minimum absolute atomic E-state index is 0.0389. The molecule has 0 atom stereocenters. The number of benzene rings is 3. The summed E-state index contributed by atoms with van der Waals surface area (Å²) in [6.45, 7) is 0.611. The molecule has 204 valence electrons. The number of nitro benzene ring substituents is 1. The molecule has 2 heterocycles. The molecular formula is C27H22Cl2N6O4S. The maximum atomic E-state index is 13.2. The molecule has 0 radical (unpaired) electrons. The molecule has 0 saturated carbocycles. The minimum Gasteiger partial charge on any atom is -0.345 e. The molecule has 0 saturated heterocycles. The van der Waals surface area contributed by atoms with E-state index in [1.807, 2.05) is 30.3 Å². The zero-order valence-corrected chi connectivity index (χ0v) is 23.2. The topological polar surface area (TPSA) is 123 Å². The Balaban J connectivity index is 1.36. The van der Waals surface area contributed by atoms with Gasteiger partial charge in [0.2, 0.25) is 5.91 Å². The molecule has 13 heteroatoms. The van der Waals surface area contributed by atoms with Gasteiger partial charge in [0.15, 0.2) is 11.0 Å². The number of aryl methyl sites for hydroxylation is 1. The molecule has 1 N–H and O–H groups in total. The third kappa shape index (κ3) is 5.96. The van der Waals surface area contributed by atoms with Crippen LogP contribution in [0.25, 0.3) is 5.69 Å². The Morgan fingerprint density at radius 2 is 1.88 bits per heavy atom. The van der Waals surface area contributed by atoms with Crippen molar-refractivity contribution in [3.63, 3.8) is 0 Å². The number of hydrogen-bond acceptors (Lipinski definition) is 7. The Kier molecular flexibility index (Phi) is 8.34. The Hall–Kier alpha value is -3.93. The van der Waals surface area contributed by atoms with E-state index in [0.717, 1.165) is 30.2 Å². The molecule has 1 aliphatic heterocycles. The van der Waals surface area contributed by atoms with Crippen molar-refractivity contribution in [1.29, 1.82) is 0 Å². The van der Waals surface area contributed by atoms with Crippen LogP contribution in [0.5, 0.6) is 0 Å². The average molecular weight is 597 g/mol. The van der Waals surface area contributed by atoms with Crippen molar-refractivity contribution >= 4 is 58.2 Å². The van der Waals surface area contributed by atoms with E-state index < -0.39 is 10.8 Å². The molecule has 2 amide bonds. The number of nitrogens with one attached hydrogen (secondary N) is 1. The lowest BCUT2D eigenvalue weighted by atomic mass is 10.0. The fraction of sp³-hybridized carbons (Fsp3) is 0.185. The third-order valence-corrected chi connectivity index (χ3v) is 7.78. The maximum absolute atomic E-state index is 13.2. The van der Waals surface area contributed by atoms with Crippen LogP contribution in [0.15, 0.2) is 71.9 Å². The predicted molar refractivity (Wildman–Crippen MR) is 153 cm³/mol. The molecule has 0 fully saturated rings. The SMILES string of the molecule is O=C(NCc1nnc(SCC(=O)N2CCCc3ccccc32)n1-c1cccc(Cl)c1)c1ccc(Cl)c([N+](=O)[O-])c1. The molecule has 0 aliphatic carbocycles. The summed E-state index contributed by atoms with van der Waals surface area (Å²) >= 11 is 13.3. The second-order valence-corrected chi connectivity index (χ2v) is 10.7. The summed E-state index contributed by atoms with van der Waals surface area (Å²) in [6.07, 6.45) is 1.83. The molecule has 0 unspecified atom stereocenters. The number of carbonyl (C=O) groups excluding carboxylic acids is 2. The first-order valence-corrected chi connectivity index (χ1v) is 14.0. The lowest BCUT2D eigenvalue weighted by Gasteiger charge is -2.29. The van der Waals surface area contributed by atoms with E-state index in [4.69, 9.17) is 23.2 Å². The summed E-state index contributed by atoms with van der Waals surface area (Å²) in [5, 5.41) is 23.3. The van der Waals surface area contributed by atoms with E-state index >= 15 is 0 Å². The fourth-order valence-corrected chi connectivity index (χ4v) is 5.65. The highest BCUT2D eigenvalue weighted by Crippen LogP contribution is 2.29. The van der Waals surface area contributed by atoms with Crippen molar-refractivity contribution in [2.24, 2.45) is 0 Å². The number of para-hydroxylation sites is 1. The summed E-state index contributed by atoms with van der Waals surface area (Å²) < 4.78 is 1.72. The van der Waals surface area contributed by atoms with Crippen molar-refractivity contribution in [3.05, 3.63) is 104 Å². The predicted octanol–water partition coefficient (Wildman–Crippen LogP) is 5.48. The van der Waals surface area contributed by atoms with E-state index in [0.29, 0.717) is 28.2 Å². The van der Waals surface area contributed by atoms with Crippen LogP contribution in [0, 0.1) is 10.1 Å². The first kappa shape index (κ1) is 27.6. The first-order valence-electron chi connectivity index (χ1n) is 12.3. The van der Waals surface area contributed by atoms with Gasteiger partial charge in [0.25, 0.3) is 11.6 Å². The number of thioether (sulfide) groups is 1. The Bertz CT molecular complexity index is 1610. The van der Waals surface area contributed by atoms with E-state index in [1.165, 1.54) is 23.9 Å². The number of anilines is 1. The highest BCUT2D eigenvalue weighted by molar-refractivity contribution is 7.99. The number of amides is 2. The smallest absolute Gasteiger partial charge is 0.288 e. The van der Waals surface area contributed by atoms with Crippen molar-refractivity contribution in [3.8, 4) is 5.69 Å². The summed E-state index contributed by atoms with van der Waals surface area (Å²) in [5.74, 6) is -0.0729. The van der Waals surface area contributed by atoms with Gasteiger partial charge in [-0.3, -0.25) is 24.3 Å². The zero-order valence-electron chi connectivity index (χ0n) is 20.9. The second-order valence-electron chi connectivity index (χ2n) is 8.89. The van der Waals surface area contributed by atoms with E-state index in [-0.39, 0.29) is 34.5 Å². The highest BCUT2D eigenvalue weighted by Gasteiger charge is 2.24. The Morgan fingerprint density at radius 3 is 2.67 bits per heavy atom. The summed E-state index contributed by atoms with van der Waals surface area (Å²) in [7, 11) is 0. The lowest BCUT2D eigenvalue weighted by molar-refractivity contribution is -0.384. The average Bonchev–Trinajstić information content (AvgIpc) is 3.37. The van der Waals surface area contributed by atoms with Crippen LogP contribution in [-0.2, 0) is 17.8 Å². The standard InChI is InChI=1S/C27H22Cl2N6O4S/c28-19-7-3-8-20(14-19)34-24(15-30-26(37)18-10-11-21(29)23(13-18)35(38)39)31-32-27(34)40-16-25(36)33-12-4-6-17-5-1-2-9-22(17)33/h1-3,5,7-11,13-14H,4,6,12,15-16H2,(H,30,37). The van der Waals surface area contributed by atoms with Gasteiger partial charge in [0.05, 0.1) is 22.9 Å². The van der Waals surface area contributed by atoms with Crippen molar-refractivity contribution in [1.82, 2.24) is 20.1 Å². The number of aromatic nitrogens is 3. The highest BCUT2D eigenvalue weighted by atomic mass is 35.5. The molecule has 3 aromatic carbocycles. The minimum atomic E-state index is -0.651. The monoisotopic (exact) mass is 596 g/mol. The normalized spacial score (nSPS) is 12.6. The van der Waals surface area contributed by atoms with E-state index in [1.54, 1.807) is 27.7 Å². The van der Waals surface area contributed by atoms with Gasteiger partial charge in [0, 0.05) is 28.9 Å². The molecule has 40 heavy (non-hydrogen) atoms. The molecule has 0 spiro atoms. The van der Waals surface area contributed by atoms with Gasteiger partial charge in [-0.25, -0.2) is 0 Å². The van der Waals surface area contributed by atoms with Gasteiger partial charge < -0.3 is 10.2 Å². The van der Waals surface area contributed by atoms with Crippen LogP contribution >= 0.6 is 35.0 Å². The second kappa shape index (κ2) is 12.1. The van der Waals surface area contributed by atoms with Crippen molar-refractivity contribution < 1.29 is 14.5 Å². The maximum Gasteiger partial charge on any atom is 0.288 e. The molecule has 1 aliphatic rings. The van der Waals surface area contributed by atoms with Crippen LogP contribution in [0.3, 0.4) is 0 Å². The lowest BCUT2D eigenvalue weighted by Crippen LogP contribution is -2.36. The van der Waals surface area contributed by atoms with Gasteiger partial charge in [-0.05, 0) is 54.8 Å². The van der Waals surface area contributed by atoms with Crippen LogP contribution in [0.2, 0.25) is 10.0 Å². The quantitative estimate of drug-likeness (QED) is 0.162. The Morgan fingerprint density at radius 1 is 1.05 bits per heavy atom. The Labute approximate surface area is 243 Å².